The van der Waals surface area contributed by atoms with Gasteiger partial charge in [-0.2, -0.15) is 0 Å². The summed E-state index contributed by atoms with van der Waals surface area (Å²) in [6.07, 6.45) is 6.05. The minimum Gasteiger partial charge on any atom is -0.463 e. The van der Waals surface area contributed by atoms with Crippen LogP contribution in [-0.2, 0) is 14.3 Å². The van der Waals surface area contributed by atoms with E-state index < -0.39 is 6.17 Å². The summed E-state index contributed by atoms with van der Waals surface area (Å²) >= 11 is 0. The van der Waals surface area contributed by atoms with Crippen molar-refractivity contribution in [1.29, 1.82) is 0 Å². The number of alkyl halides is 1. The fourth-order valence-corrected chi connectivity index (χ4v) is 7.74. The highest BCUT2D eigenvalue weighted by Gasteiger charge is 2.60. The fraction of sp³-hybridized carbons (Fsp3) is 0.909. The molecule has 1 N–H and O–H groups in total. The van der Waals surface area contributed by atoms with Gasteiger partial charge in [0.05, 0.1) is 0 Å². The predicted octanol–water partition coefficient (Wildman–Crippen LogP) is 3.70. The molecule has 0 bridgehead atoms. The Morgan fingerprint density at radius 2 is 1.78 bits per heavy atom. The molecule has 4 rings (SSSR count). The van der Waals surface area contributed by atoms with E-state index in [1.54, 1.807) is 0 Å². The minimum atomic E-state index is -0.829. The molecule has 4 aliphatic rings. The zero-order valence-corrected chi connectivity index (χ0v) is 16.5. The second-order valence-electron chi connectivity index (χ2n) is 9.86. The molecule has 4 aliphatic carbocycles. The number of esters is 1. The Morgan fingerprint density at radius 1 is 1.04 bits per heavy atom. The number of ketones is 1. The van der Waals surface area contributed by atoms with Gasteiger partial charge in [0.25, 0.3) is 0 Å². The first kappa shape index (κ1) is 19.4. The van der Waals surface area contributed by atoms with E-state index in [1.807, 2.05) is 0 Å². The molecule has 4 nitrogen and oxygen atoms in total. The van der Waals surface area contributed by atoms with Crippen molar-refractivity contribution >= 4 is 11.8 Å². The molecule has 0 saturated heterocycles. The number of Topliss-reactive ketones (excluding diaryl/α,β-unsaturated/α-hetero) is 1. The first-order chi connectivity index (χ1) is 12.8. The molecule has 0 radical (unpaired) electrons. The van der Waals surface area contributed by atoms with Gasteiger partial charge in [-0.05, 0) is 86.4 Å². The normalized spacial score (nSPS) is 48.9. The summed E-state index contributed by atoms with van der Waals surface area (Å²) < 4.78 is 20.7. The van der Waals surface area contributed by atoms with E-state index in [9.17, 15) is 14.7 Å². The molecule has 0 amide bonds. The molecule has 9 atom stereocenters. The largest absolute Gasteiger partial charge is 0.463 e. The topological polar surface area (TPSA) is 63.6 Å². The summed E-state index contributed by atoms with van der Waals surface area (Å²) in [6.45, 7) is 3.28. The molecule has 4 fully saturated rings. The summed E-state index contributed by atoms with van der Waals surface area (Å²) in [5, 5.41) is 9.37. The van der Waals surface area contributed by atoms with Gasteiger partial charge in [0.15, 0.2) is 5.78 Å². The predicted molar refractivity (Wildman–Crippen MR) is 98.5 cm³/mol. The van der Waals surface area contributed by atoms with Crippen molar-refractivity contribution in [3.05, 3.63) is 0 Å². The summed E-state index contributed by atoms with van der Waals surface area (Å²) in [5.41, 5.74) is -0.0670. The van der Waals surface area contributed by atoms with Crippen LogP contribution in [0.25, 0.3) is 0 Å². The van der Waals surface area contributed by atoms with Crippen LogP contribution >= 0.6 is 0 Å². The molecule has 0 heterocycles. The minimum absolute atomic E-state index is 0.0185. The van der Waals surface area contributed by atoms with Crippen molar-refractivity contribution < 1.29 is 23.8 Å². The first-order valence-corrected chi connectivity index (χ1v) is 10.8. The highest BCUT2D eigenvalue weighted by Crippen LogP contribution is 2.64. The molecule has 27 heavy (non-hydrogen) atoms. The third-order valence-electron chi connectivity index (χ3n) is 8.79. The average Bonchev–Trinajstić information content (AvgIpc) is 2.98. The van der Waals surface area contributed by atoms with Crippen LogP contribution in [0.4, 0.5) is 4.39 Å². The Hall–Kier alpha value is -0.970. The van der Waals surface area contributed by atoms with Crippen molar-refractivity contribution in [2.24, 2.45) is 40.9 Å². The molecule has 0 unspecified atom stereocenters. The Balaban J connectivity index is 1.52. The van der Waals surface area contributed by atoms with Crippen molar-refractivity contribution in [2.45, 2.75) is 77.5 Å². The lowest BCUT2D eigenvalue weighted by molar-refractivity contribution is -0.156. The summed E-state index contributed by atoms with van der Waals surface area (Å²) in [7, 11) is 0. The maximum atomic E-state index is 15.3. The molecular formula is C22H33FO4. The van der Waals surface area contributed by atoms with Crippen LogP contribution in [0, 0.1) is 40.9 Å². The van der Waals surface area contributed by atoms with E-state index in [-0.39, 0.29) is 41.7 Å². The van der Waals surface area contributed by atoms with Crippen LogP contribution in [0.3, 0.4) is 0 Å². The smallest absolute Gasteiger partial charge is 0.302 e. The van der Waals surface area contributed by atoms with E-state index >= 15 is 4.39 Å². The van der Waals surface area contributed by atoms with E-state index in [4.69, 9.17) is 4.74 Å². The van der Waals surface area contributed by atoms with E-state index in [2.05, 4.69) is 6.92 Å². The summed E-state index contributed by atoms with van der Waals surface area (Å²) in [5.74, 6) is 1.38. The lowest BCUT2D eigenvalue weighted by Crippen LogP contribution is -2.53. The van der Waals surface area contributed by atoms with E-state index in [0.717, 1.165) is 38.5 Å². The van der Waals surface area contributed by atoms with Crippen LogP contribution in [0.5, 0.6) is 0 Å². The molecule has 0 aliphatic heterocycles. The monoisotopic (exact) mass is 380 g/mol. The molecule has 152 valence electrons. The number of aliphatic hydroxyl groups excluding tert-OH is 1. The van der Waals surface area contributed by atoms with Crippen molar-refractivity contribution in [2.75, 3.05) is 6.61 Å². The van der Waals surface area contributed by atoms with Gasteiger partial charge >= 0.3 is 5.97 Å². The first-order valence-electron chi connectivity index (χ1n) is 10.8. The van der Waals surface area contributed by atoms with Gasteiger partial charge in [0, 0.05) is 12.8 Å². The Morgan fingerprint density at radius 3 is 2.48 bits per heavy atom. The van der Waals surface area contributed by atoms with Crippen LogP contribution in [0.2, 0.25) is 0 Å². The molecule has 0 aromatic rings. The second-order valence-corrected chi connectivity index (χ2v) is 9.86. The molecule has 5 heteroatoms. The van der Waals surface area contributed by atoms with Crippen LogP contribution < -0.4 is 0 Å². The summed E-state index contributed by atoms with van der Waals surface area (Å²) in [4.78, 5) is 23.6. The van der Waals surface area contributed by atoms with Gasteiger partial charge in [-0.25, -0.2) is 4.39 Å². The molecular weight excluding hydrogens is 347 g/mol. The number of hydrogen-bond acceptors (Lipinski definition) is 4. The third-order valence-corrected chi connectivity index (χ3v) is 8.79. The van der Waals surface area contributed by atoms with Crippen molar-refractivity contribution in [1.82, 2.24) is 0 Å². The average molecular weight is 381 g/mol. The Bertz CT molecular complexity index is 607. The number of carbonyl (C=O) groups excluding carboxylic acids is 2. The number of halogens is 1. The SMILES string of the molecule is CC(=O)O[C@@H]1CC[C@@H]2[C@H]3CC[C@]4(C)[C@@H](C(=O)CO)CC[C@H]4[C@@H]3C[C@@H](F)[C@@H]2C1. The van der Waals surface area contributed by atoms with Crippen LogP contribution in [0.15, 0.2) is 0 Å². The van der Waals surface area contributed by atoms with Gasteiger partial charge in [-0.3, -0.25) is 9.59 Å². The lowest BCUT2D eigenvalue weighted by Gasteiger charge is -2.56. The van der Waals surface area contributed by atoms with Gasteiger partial charge < -0.3 is 9.84 Å². The van der Waals surface area contributed by atoms with E-state index in [1.165, 1.54) is 6.92 Å². The highest BCUT2D eigenvalue weighted by atomic mass is 19.1. The van der Waals surface area contributed by atoms with Gasteiger partial charge in [0.2, 0.25) is 0 Å². The zero-order chi connectivity index (χ0) is 19.3. The standard InChI is InChI=1S/C22H33FO4/c1-12(25)27-13-3-4-14-15-7-8-22(2)18(5-6-19(22)21(26)11-24)16(15)10-20(23)17(14)9-13/h13-20,24H,3-11H2,1-2H3/t13-,14-,15-,16-,17-,18+,19-,20-,22+/m1/s1. The number of aliphatic hydroxyl groups is 1. The number of hydrogen-bond donors (Lipinski definition) is 1. The maximum Gasteiger partial charge on any atom is 0.302 e. The molecule has 0 spiro atoms. The number of carbonyl (C=O) groups is 2. The number of rotatable bonds is 3. The number of ether oxygens (including phenoxy) is 1. The molecule has 4 saturated carbocycles. The highest BCUT2D eigenvalue weighted by molar-refractivity contribution is 5.83. The second kappa shape index (κ2) is 7.13. The van der Waals surface area contributed by atoms with Crippen molar-refractivity contribution in [3.63, 3.8) is 0 Å². The molecule has 0 aromatic carbocycles. The third kappa shape index (κ3) is 3.14. The van der Waals surface area contributed by atoms with Gasteiger partial charge in [-0.1, -0.05) is 6.92 Å². The zero-order valence-electron chi connectivity index (χ0n) is 16.5. The van der Waals surface area contributed by atoms with E-state index in [0.29, 0.717) is 36.5 Å². The van der Waals surface area contributed by atoms with Crippen LogP contribution in [-0.4, -0.2) is 35.7 Å². The quantitative estimate of drug-likeness (QED) is 0.759. The maximum absolute atomic E-state index is 15.3. The summed E-state index contributed by atoms with van der Waals surface area (Å²) in [6, 6.07) is 0. The molecule has 0 aromatic heterocycles. The van der Waals surface area contributed by atoms with Crippen molar-refractivity contribution in [3.8, 4) is 0 Å². The Labute approximate surface area is 161 Å². The number of fused-ring (bicyclic) bond motifs is 5. The Kier molecular flexibility index (Phi) is 5.11. The van der Waals surface area contributed by atoms with Gasteiger partial charge in [-0.15, -0.1) is 0 Å². The fourth-order valence-electron chi connectivity index (χ4n) is 7.74. The lowest BCUT2D eigenvalue weighted by atomic mass is 9.49. The van der Waals surface area contributed by atoms with Gasteiger partial charge in [0.1, 0.15) is 18.9 Å². The van der Waals surface area contributed by atoms with Crippen LogP contribution in [0.1, 0.15) is 65.2 Å².